The van der Waals surface area contributed by atoms with Gasteiger partial charge in [0.2, 0.25) is 0 Å². The average Bonchev–Trinajstić information content (AvgIpc) is 2.42. The highest BCUT2D eigenvalue weighted by Gasteiger charge is 2.06. The molecular weight excluding hydrogens is 256 g/mol. The average molecular weight is 271 g/mol. The first-order chi connectivity index (χ1) is 9.24. The maximum Gasteiger partial charge on any atom is 0.101 e. The van der Waals surface area contributed by atoms with E-state index in [0.717, 1.165) is 24.2 Å². The highest BCUT2D eigenvalue weighted by molar-refractivity contribution is 6.30. The third-order valence-corrected chi connectivity index (χ3v) is 3.14. The van der Waals surface area contributed by atoms with Crippen LogP contribution in [0.25, 0.3) is 0 Å². The smallest absolute Gasteiger partial charge is 0.101 e. The molecule has 0 heterocycles. The van der Waals surface area contributed by atoms with E-state index in [1.54, 1.807) is 18.2 Å². The fraction of sp³-hybridized carbons (Fsp3) is 0.188. The molecule has 2 aromatic rings. The molecule has 19 heavy (non-hydrogen) atoms. The zero-order valence-electron chi connectivity index (χ0n) is 10.8. The number of para-hydroxylation sites is 1. The van der Waals surface area contributed by atoms with E-state index in [4.69, 9.17) is 16.9 Å². The molecular formula is C16H15ClN2. The van der Waals surface area contributed by atoms with Crippen molar-refractivity contribution in [3.63, 3.8) is 0 Å². The Morgan fingerprint density at radius 2 is 1.95 bits per heavy atom. The topological polar surface area (TPSA) is 35.8 Å². The Balaban J connectivity index is 2.36. The fourth-order valence-corrected chi connectivity index (χ4v) is 2.16. The number of nitrogens with zero attached hydrogens (tertiary/aromatic N) is 1. The van der Waals surface area contributed by atoms with Crippen molar-refractivity contribution in [1.82, 2.24) is 0 Å². The zero-order chi connectivity index (χ0) is 13.7. The molecule has 0 aliphatic heterocycles. The van der Waals surface area contributed by atoms with E-state index in [-0.39, 0.29) is 0 Å². The van der Waals surface area contributed by atoms with Gasteiger partial charge in [-0.05, 0) is 36.2 Å². The summed E-state index contributed by atoms with van der Waals surface area (Å²) in [6, 6.07) is 15.5. The minimum Gasteiger partial charge on any atom is -0.354 e. The van der Waals surface area contributed by atoms with Crippen LogP contribution in [0.15, 0.2) is 42.5 Å². The van der Waals surface area contributed by atoms with E-state index in [9.17, 15) is 0 Å². The lowest BCUT2D eigenvalue weighted by atomic mass is 10.1. The number of benzene rings is 2. The van der Waals surface area contributed by atoms with Crippen molar-refractivity contribution in [2.24, 2.45) is 0 Å². The summed E-state index contributed by atoms with van der Waals surface area (Å²) in [4.78, 5) is 0. The van der Waals surface area contributed by atoms with E-state index < -0.39 is 0 Å². The highest BCUT2D eigenvalue weighted by Crippen LogP contribution is 2.26. The summed E-state index contributed by atoms with van der Waals surface area (Å²) >= 11 is 5.99. The molecule has 96 valence electrons. The van der Waals surface area contributed by atoms with Crippen LogP contribution in [-0.4, -0.2) is 0 Å². The number of nitriles is 1. The van der Waals surface area contributed by atoms with Gasteiger partial charge in [-0.15, -0.1) is 0 Å². The summed E-state index contributed by atoms with van der Waals surface area (Å²) in [5.41, 5.74) is 3.62. The maximum atomic E-state index is 9.13. The van der Waals surface area contributed by atoms with E-state index in [2.05, 4.69) is 24.4 Å². The molecule has 0 aliphatic carbocycles. The second kappa shape index (κ2) is 6.26. The van der Waals surface area contributed by atoms with Crippen LogP contribution in [0, 0.1) is 11.3 Å². The van der Waals surface area contributed by atoms with Crippen LogP contribution in [0.5, 0.6) is 0 Å². The van der Waals surface area contributed by atoms with Gasteiger partial charge in [0.25, 0.3) is 0 Å². The third kappa shape index (κ3) is 3.27. The SMILES string of the molecule is CCCc1ccccc1Nc1cc(Cl)ccc1C#N. The van der Waals surface area contributed by atoms with Gasteiger partial charge in [-0.1, -0.05) is 43.1 Å². The lowest BCUT2D eigenvalue weighted by Crippen LogP contribution is -1.98. The molecule has 0 radical (unpaired) electrons. The molecule has 2 rings (SSSR count). The number of anilines is 2. The minimum atomic E-state index is 0.593. The lowest BCUT2D eigenvalue weighted by molar-refractivity contribution is 0.923. The molecule has 2 aromatic carbocycles. The summed E-state index contributed by atoms with van der Waals surface area (Å²) in [7, 11) is 0. The highest BCUT2D eigenvalue weighted by atomic mass is 35.5. The number of aryl methyl sites for hydroxylation is 1. The number of hydrogen-bond acceptors (Lipinski definition) is 2. The molecule has 0 atom stereocenters. The second-order valence-electron chi connectivity index (χ2n) is 4.33. The van der Waals surface area contributed by atoms with Crippen molar-refractivity contribution in [1.29, 1.82) is 5.26 Å². The molecule has 0 saturated heterocycles. The Morgan fingerprint density at radius 1 is 1.16 bits per heavy atom. The second-order valence-corrected chi connectivity index (χ2v) is 4.77. The van der Waals surface area contributed by atoms with Crippen molar-refractivity contribution in [2.75, 3.05) is 5.32 Å². The lowest BCUT2D eigenvalue weighted by Gasteiger charge is -2.13. The van der Waals surface area contributed by atoms with Crippen LogP contribution in [-0.2, 0) is 6.42 Å². The summed E-state index contributed by atoms with van der Waals surface area (Å²) in [5, 5.41) is 13.1. The summed E-state index contributed by atoms with van der Waals surface area (Å²) < 4.78 is 0. The normalized spacial score (nSPS) is 9.95. The first-order valence-corrected chi connectivity index (χ1v) is 6.67. The predicted octanol–water partition coefficient (Wildman–Crippen LogP) is 4.91. The largest absolute Gasteiger partial charge is 0.354 e. The van der Waals surface area contributed by atoms with Gasteiger partial charge in [0.15, 0.2) is 0 Å². The fourth-order valence-electron chi connectivity index (χ4n) is 1.99. The third-order valence-electron chi connectivity index (χ3n) is 2.91. The van der Waals surface area contributed by atoms with Gasteiger partial charge < -0.3 is 5.32 Å². The van der Waals surface area contributed by atoms with Gasteiger partial charge in [-0.3, -0.25) is 0 Å². The maximum absolute atomic E-state index is 9.13. The Hall–Kier alpha value is -1.98. The van der Waals surface area contributed by atoms with Crippen molar-refractivity contribution < 1.29 is 0 Å². The van der Waals surface area contributed by atoms with Crippen LogP contribution >= 0.6 is 11.6 Å². The molecule has 0 saturated carbocycles. The summed E-state index contributed by atoms with van der Waals surface area (Å²) in [6.07, 6.45) is 2.09. The first kappa shape index (κ1) is 13.5. The molecule has 0 aromatic heterocycles. The predicted molar refractivity (Wildman–Crippen MR) is 79.9 cm³/mol. The van der Waals surface area contributed by atoms with Gasteiger partial charge in [-0.25, -0.2) is 0 Å². The molecule has 3 heteroatoms. The number of halogens is 1. The van der Waals surface area contributed by atoms with E-state index in [1.807, 2.05) is 18.2 Å². The van der Waals surface area contributed by atoms with Crippen molar-refractivity contribution in [3.8, 4) is 6.07 Å². The van der Waals surface area contributed by atoms with Gasteiger partial charge in [0.1, 0.15) is 6.07 Å². The molecule has 1 N–H and O–H groups in total. The number of hydrogen-bond donors (Lipinski definition) is 1. The van der Waals surface area contributed by atoms with Crippen molar-refractivity contribution >= 4 is 23.0 Å². The standard InChI is InChI=1S/C16H15ClN2/c1-2-5-12-6-3-4-7-15(12)19-16-10-14(17)9-8-13(16)11-18/h3-4,6-10,19H,2,5H2,1H3. The van der Waals surface area contributed by atoms with Crippen LogP contribution in [0.4, 0.5) is 11.4 Å². The Labute approximate surface area is 118 Å². The molecule has 0 fully saturated rings. The molecule has 0 aliphatic rings. The number of rotatable bonds is 4. The summed E-state index contributed by atoms with van der Waals surface area (Å²) in [5.74, 6) is 0. The molecule has 0 bridgehead atoms. The Morgan fingerprint density at radius 3 is 2.68 bits per heavy atom. The van der Waals surface area contributed by atoms with Gasteiger partial charge >= 0.3 is 0 Å². The molecule has 0 unspecified atom stereocenters. The van der Waals surface area contributed by atoms with Crippen molar-refractivity contribution in [3.05, 3.63) is 58.6 Å². The van der Waals surface area contributed by atoms with Crippen LogP contribution < -0.4 is 5.32 Å². The Bertz CT molecular complexity index is 614. The van der Waals surface area contributed by atoms with Gasteiger partial charge in [0, 0.05) is 10.7 Å². The van der Waals surface area contributed by atoms with Crippen molar-refractivity contribution in [2.45, 2.75) is 19.8 Å². The monoisotopic (exact) mass is 270 g/mol. The zero-order valence-corrected chi connectivity index (χ0v) is 11.5. The Kier molecular flexibility index (Phi) is 4.43. The summed E-state index contributed by atoms with van der Waals surface area (Å²) in [6.45, 7) is 2.15. The molecule has 0 amide bonds. The van der Waals surface area contributed by atoms with Gasteiger partial charge in [-0.2, -0.15) is 5.26 Å². The quantitative estimate of drug-likeness (QED) is 0.857. The van der Waals surface area contributed by atoms with Crippen LogP contribution in [0.2, 0.25) is 5.02 Å². The van der Waals surface area contributed by atoms with Crippen LogP contribution in [0.1, 0.15) is 24.5 Å². The first-order valence-electron chi connectivity index (χ1n) is 6.29. The van der Waals surface area contributed by atoms with E-state index >= 15 is 0 Å². The van der Waals surface area contributed by atoms with Crippen LogP contribution in [0.3, 0.4) is 0 Å². The van der Waals surface area contributed by atoms with E-state index in [0.29, 0.717) is 10.6 Å². The molecule has 2 nitrogen and oxygen atoms in total. The van der Waals surface area contributed by atoms with Gasteiger partial charge in [0.05, 0.1) is 11.3 Å². The minimum absolute atomic E-state index is 0.593. The molecule has 0 spiro atoms. The van der Waals surface area contributed by atoms with E-state index in [1.165, 1.54) is 5.56 Å². The number of nitrogens with one attached hydrogen (secondary N) is 1.